The van der Waals surface area contributed by atoms with Crippen LogP contribution in [0.3, 0.4) is 0 Å². The van der Waals surface area contributed by atoms with Gasteiger partial charge in [0.1, 0.15) is 12.4 Å². The van der Waals surface area contributed by atoms with Crippen LogP contribution in [-0.2, 0) is 16.6 Å². The predicted molar refractivity (Wildman–Crippen MR) is 113 cm³/mol. The highest BCUT2D eigenvalue weighted by Gasteiger charge is 2.12. The van der Waals surface area contributed by atoms with Gasteiger partial charge < -0.3 is 9.47 Å². The third-order valence-electron chi connectivity index (χ3n) is 4.02. The van der Waals surface area contributed by atoms with Crippen molar-refractivity contribution in [2.24, 2.45) is 5.10 Å². The minimum atomic E-state index is -3.89. The van der Waals surface area contributed by atoms with Crippen LogP contribution in [-0.4, -0.2) is 21.2 Å². The maximum absolute atomic E-state index is 13.0. The van der Waals surface area contributed by atoms with Gasteiger partial charge in [0.15, 0.2) is 11.5 Å². The molecule has 0 saturated heterocycles. The van der Waals surface area contributed by atoms with E-state index in [0.717, 1.165) is 17.7 Å². The van der Waals surface area contributed by atoms with Gasteiger partial charge in [-0.2, -0.15) is 13.5 Å². The van der Waals surface area contributed by atoms with Gasteiger partial charge in [0, 0.05) is 0 Å². The molecule has 30 heavy (non-hydrogen) atoms. The molecule has 0 aliphatic carbocycles. The van der Waals surface area contributed by atoms with Crippen LogP contribution in [0.1, 0.15) is 18.1 Å². The Morgan fingerprint density at radius 2 is 1.70 bits per heavy atom. The Morgan fingerprint density at radius 1 is 0.967 bits per heavy atom. The minimum Gasteiger partial charge on any atom is -0.490 e. The first-order valence-corrected chi connectivity index (χ1v) is 10.7. The molecule has 0 aliphatic rings. The fraction of sp³-hybridized carbons (Fsp3) is 0.136. The van der Waals surface area contributed by atoms with Crippen molar-refractivity contribution in [2.75, 3.05) is 6.61 Å². The SMILES string of the molecule is CCOc1cc(/C=N/NS(=O)(=O)c2ccc(F)cc2)ccc1OCc1ccccc1. The molecule has 3 rings (SSSR count). The van der Waals surface area contributed by atoms with Crippen molar-refractivity contribution in [2.45, 2.75) is 18.4 Å². The second-order valence-electron chi connectivity index (χ2n) is 6.22. The fourth-order valence-electron chi connectivity index (χ4n) is 2.56. The van der Waals surface area contributed by atoms with Gasteiger partial charge in [-0.1, -0.05) is 30.3 Å². The Labute approximate surface area is 175 Å². The molecule has 0 atom stereocenters. The lowest BCUT2D eigenvalue weighted by Gasteiger charge is -2.12. The van der Waals surface area contributed by atoms with E-state index in [2.05, 4.69) is 9.93 Å². The first kappa shape index (κ1) is 21.3. The van der Waals surface area contributed by atoms with Gasteiger partial charge in [-0.25, -0.2) is 9.22 Å². The number of ether oxygens (including phenoxy) is 2. The van der Waals surface area contributed by atoms with Crippen LogP contribution in [0.2, 0.25) is 0 Å². The van der Waals surface area contributed by atoms with Gasteiger partial charge in [-0.05, 0) is 60.5 Å². The molecular weight excluding hydrogens is 407 g/mol. The van der Waals surface area contributed by atoms with Gasteiger partial charge in [0.2, 0.25) is 0 Å². The zero-order valence-corrected chi connectivity index (χ0v) is 17.1. The Kier molecular flexibility index (Phi) is 7.03. The van der Waals surface area contributed by atoms with E-state index in [0.29, 0.717) is 30.3 Å². The first-order chi connectivity index (χ1) is 14.5. The van der Waals surface area contributed by atoms with E-state index in [4.69, 9.17) is 9.47 Å². The lowest BCUT2D eigenvalue weighted by atomic mass is 10.2. The largest absolute Gasteiger partial charge is 0.490 e. The molecule has 3 aromatic carbocycles. The predicted octanol–water partition coefficient (Wildman–Crippen LogP) is 4.12. The third-order valence-corrected chi connectivity index (χ3v) is 5.25. The number of hydrogen-bond acceptors (Lipinski definition) is 5. The number of hydrogen-bond donors (Lipinski definition) is 1. The molecule has 156 valence electrons. The quantitative estimate of drug-likeness (QED) is 0.411. The zero-order chi connectivity index (χ0) is 21.4. The highest BCUT2D eigenvalue weighted by atomic mass is 32.2. The topological polar surface area (TPSA) is 77.0 Å². The van der Waals surface area contributed by atoms with Crippen molar-refractivity contribution in [3.63, 3.8) is 0 Å². The standard InChI is InChI=1S/C22H21FN2O4S/c1-2-28-22-14-18(8-13-21(22)29-16-17-6-4-3-5-7-17)15-24-25-30(26,27)20-11-9-19(23)10-12-20/h3-15,25H,2,16H2,1H3/b24-15+. The van der Waals surface area contributed by atoms with Crippen molar-refractivity contribution in [3.8, 4) is 11.5 Å². The summed E-state index contributed by atoms with van der Waals surface area (Å²) in [6.07, 6.45) is 1.35. The molecule has 0 bridgehead atoms. The number of hydrazone groups is 1. The van der Waals surface area contributed by atoms with E-state index in [1.165, 1.54) is 18.3 Å². The smallest absolute Gasteiger partial charge is 0.276 e. The van der Waals surface area contributed by atoms with Gasteiger partial charge in [0.25, 0.3) is 10.0 Å². The fourth-order valence-corrected chi connectivity index (χ4v) is 3.36. The van der Waals surface area contributed by atoms with E-state index < -0.39 is 15.8 Å². The van der Waals surface area contributed by atoms with E-state index in [-0.39, 0.29) is 4.90 Å². The molecule has 0 aromatic heterocycles. The lowest BCUT2D eigenvalue weighted by molar-refractivity contribution is 0.269. The number of sulfonamides is 1. The summed E-state index contributed by atoms with van der Waals surface area (Å²) < 4.78 is 48.8. The summed E-state index contributed by atoms with van der Waals surface area (Å²) in [7, 11) is -3.89. The van der Waals surface area contributed by atoms with Crippen molar-refractivity contribution in [3.05, 3.63) is 89.7 Å². The van der Waals surface area contributed by atoms with Crippen LogP contribution in [0.4, 0.5) is 4.39 Å². The molecule has 1 N–H and O–H groups in total. The summed E-state index contributed by atoms with van der Waals surface area (Å²) in [6.45, 7) is 2.70. The Morgan fingerprint density at radius 3 is 2.40 bits per heavy atom. The third kappa shape index (κ3) is 5.81. The number of benzene rings is 3. The number of rotatable bonds is 9. The molecule has 0 saturated carbocycles. The highest BCUT2D eigenvalue weighted by Crippen LogP contribution is 2.29. The van der Waals surface area contributed by atoms with E-state index in [9.17, 15) is 12.8 Å². The van der Waals surface area contributed by atoms with E-state index in [1.807, 2.05) is 37.3 Å². The summed E-state index contributed by atoms with van der Waals surface area (Å²) >= 11 is 0. The van der Waals surface area contributed by atoms with Crippen LogP contribution in [0.15, 0.2) is 82.8 Å². The molecule has 0 fully saturated rings. The van der Waals surface area contributed by atoms with Crippen LogP contribution < -0.4 is 14.3 Å². The summed E-state index contributed by atoms with van der Waals surface area (Å²) in [4.78, 5) is 2.02. The molecule has 0 unspecified atom stereocenters. The molecular formula is C22H21FN2O4S. The second kappa shape index (κ2) is 9.89. The Balaban J connectivity index is 1.69. The zero-order valence-electron chi connectivity index (χ0n) is 16.3. The molecule has 0 aliphatic heterocycles. The molecule has 0 radical (unpaired) electrons. The van der Waals surface area contributed by atoms with Crippen molar-refractivity contribution in [1.82, 2.24) is 4.83 Å². The highest BCUT2D eigenvalue weighted by molar-refractivity contribution is 7.89. The lowest BCUT2D eigenvalue weighted by Crippen LogP contribution is -2.18. The van der Waals surface area contributed by atoms with Crippen LogP contribution in [0.5, 0.6) is 11.5 Å². The summed E-state index contributed by atoms with van der Waals surface area (Å²) in [6, 6.07) is 19.4. The average Bonchev–Trinajstić information content (AvgIpc) is 2.74. The van der Waals surface area contributed by atoms with Gasteiger partial charge in [-0.15, -0.1) is 0 Å². The summed E-state index contributed by atoms with van der Waals surface area (Å²) in [5.74, 6) is 0.582. The van der Waals surface area contributed by atoms with Crippen LogP contribution >= 0.6 is 0 Å². The maximum atomic E-state index is 13.0. The molecule has 6 nitrogen and oxygen atoms in total. The molecule has 8 heteroatoms. The average molecular weight is 428 g/mol. The Hall–Kier alpha value is -3.39. The minimum absolute atomic E-state index is 0.0827. The number of nitrogens with zero attached hydrogens (tertiary/aromatic N) is 1. The molecule has 3 aromatic rings. The maximum Gasteiger partial charge on any atom is 0.276 e. The first-order valence-electron chi connectivity index (χ1n) is 9.22. The number of nitrogens with one attached hydrogen (secondary N) is 1. The monoisotopic (exact) mass is 428 g/mol. The molecule has 0 spiro atoms. The summed E-state index contributed by atoms with van der Waals surface area (Å²) in [5, 5.41) is 3.78. The van der Waals surface area contributed by atoms with Gasteiger partial charge in [-0.3, -0.25) is 0 Å². The molecule has 0 heterocycles. The van der Waals surface area contributed by atoms with Crippen LogP contribution in [0.25, 0.3) is 0 Å². The van der Waals surface area contributed by atoms with E-state index in [1.54, 1.807) is 18.2 Å². The van der Waals surface area contributed by atoms with E-state index >= 15 is 0 Å². The van der Waals surface area contributed by atoms with Crippen molar-refractivity contribution < 1.29 is 22.3 Å². The van der Waals surface area contributed by atoms with Crippen molar-refractivity contribution in [1.29, 1.82) is 0 Å². The van der Waals surface area contributed by atoms with Gasteiger partial charge >= 0.3 is 0 Å². The second-order valence-corrected chi connectivity index (χ2v) is 7.88. The summed E-state index contributed by atoms with van der Waals surface area (Å²) in [5.41, 5.74) is 1.65. The molecule has 0 amide bonds. The number of halogens is 1. The van der Waals surface area contributed by atoms with Crippen LogP contribution in [0, 0.1) is 5.82 Å². The van der Waals surface area contributed by atoms with Gasteiger partial charge in [0.05, 0.1) is 17.7 Å². The normalized spacial score (nSPS) is 11.4. The van der Waals surface area contributed by atoms with Crippen molar-refractivity contribution >= 4 is 16.2 Å². The Bertz CT molecular complexity index is 1100.